The Balaban J connectivity index is 0.000000212. The van der Waals surface area contributed by atoms with Gasteiger partial charge >= 0.3 is 41.9 Å². The zero-order valence-corrected chi connectivity index (χ0v) is 38.1. The number of benzene rings is 4. The third kappa shape index (κ3) is 9.23. The van der Waals surface area contributed by atoms with Gasteiger partial charge in [-0.1, -0.05) is 81.9 Å². The van der Waals surface area contributed by atoms with Gasteiger partial charge in [0.1, 0.15) is 0 Å². The number of rotatable bonds is 4. The number of hydrogen-bond donors (Lipinski definition) is 0. The molecule has 0 bridgehead atoms. The Labute approximate surface area is 348 Å². The Bertz CT molecular complexity index is 2380. The molecule has 8 aromatic rings. The maximum atomic E-state index is 5.83. The summed E-state index contributed by atoms with van der Waals surface area (Å²) in [4.78, 5) is 0. The van der Waals surface area contributed by atoms with E-state index >= 15 is 0 Å². The molecule has 54 heavy (non-hydrogen) atoms. The fourth-order valence-electron chi connectivity index (χ4n) is 7.07. The number of hydrogen-bond acceptors (Lipinski definition) is 2. The number of halogens is 2. The summed E-state index contributed by atoms with van der Waals surface area (Å²) in [6, 6.07) is 39.0. The maximum Gasteiger partial charge on any atom is 0.0896 e. The second-order valence-electron chi connectivity index (χ2n) is 14.3. The Kier molecular flexibility index (Phi) is 14.6. The molecule has 0 aliphatic rings. The van der Waals surface area contributed by atoms with Crippen molar-refractivity contribution in [2.45, 2.75) is 68.5 Å². The predicted molar refractivity (Wildman–Crippen MR) is 235 cm³/mol. The fraction of sp³-hybridized carbons (Fsp3) is 0.208. The molecule has 8 rings (SSSR count). The molecule has 0 N–H and O–H groups in total. The summed E-state index contributed by atoms with van der Waals surface area (Å²) in [6.45, 7) is 21.8. The zero-order valence-electron chi connectivity index (χ0n) is 33.0. The largest absolute Gasteiger partial charge is 0.496 e. The summed E-state index contributed by atoms with van der Waals surface area (Å²) in [6.07, 6.45) is 0. The van der Waals surface area contributed by atoms with Crippen LogP contribution >= 0.6 is 24.8 Å². The summed E-state index contributed by atoms with van der Waals surface area (Å²) < 4.78 is 11.7. The van der Waals surface area contributed by atoms with Gasteiger partial charge in [-0.15, -0.1) is 82.8 Å². The first-order chi connectivity index (χ1) is 24.8. The van der Waals surface area contributed by atoms with Crippen LogP contribution in [0.3, 0.4) is 0 Å². The third-order valence-electron chi connectivity index (χ3n) is 9.94. The van der Waals surface area contributed by atoms with E-state index in [4.69, 9.17) is 8.83 Å². The summed E-state index contributed by atoms with van der Waals surface area (Å²) in [7, 11) is 0. The third-order valence-corrected chi connectivity index (χ3v) is 9.94. The summed E-state index contributed by atoms with van der Waals surface area (Å²) in [5.74, 6) is 3.77. The van der Waals surface area contributed by atoms with Crippen LogP contribution in [0.5, 0.6) is 0 Å². The predicted octanol–water partition coefficient (Wildman–Crippen LogP) is 15.1. The van der Waals surface area contributed by atoms with Crippen molar-refractivity contribution in [2.75, 3.05) is 0 Å². The molecular formula is C48H50Cl2O2SiZr. The van der Waals surface area contributed by atoms with Gasteiger partial charge in [-0.05, 0) is 113 Å². The first kappa shape index (κ1) is 43.1. The standard InChI is InChI=1S/2C23H21O.C2H6Si.2ClH.Zr/c2*1-14-7-5-6-8-20(14)23-17(4)15(2)11-18-12-19(13-21(18)23)22-10-9-16(3)24-22;1-3-2;;;/h2*5-13H,1-4H3;1-2H3;2*1H;/q2*-1;;;;+2. The molecule has 0 aliphatic heterocycles. The van der Waals surface area contributed by atoms with Crippen LogP contribution in [-0.4, -0.2) is 5.43 Å². The second-order valence-corrected chi connectivity index (χ2v) is 23.7. The van der Waals surface area contributed by atoms with Crippen LogP contribution in [0.15, 0.2) is 118 Å². The molecule has 6 heteroatoms. The van der Waals surface area contributed by atoms with Gasteiger partial charge in [-0.25, -0.2) is 0 Å². The van der Waals surface area contributed by atoms with Crippen LogP contribution in [0.2, 0.25) is 13.1 Å². The monoisotopic (exact) mass is 846 g/mol. The minimum atomic E-state index is 0. The van der Waals surface area contributed by atoms with Crippen molar-refractivity contribution in [3.05, 3.63) is 154 Å². The van der Waals surface area contributed by atoms with Crippen LogP contribution in [0, 0.1) is 55.4 Å². The molecule has 0 unspecified atom stereocenters. The molecule has 0 saturated carbocycles. The molecule has 0 radical (unpaired) electrons. The van der Waals surface area contributed by atoms with E-state index in [9.17, 15) is 0 Å². The summed E-state index contributed by atoms with van der Waals surface area (Å²) in [5.41, 5.74) is 15.8. The Morgan fingerprint density at radius 2 is 0.833 bits per heavy atom. The number of fused-ring (bicyclic) bond motifs is 2. The topological polar surface area (TPSA) is 26.3 Å². The van der Waals surface area contributed by atoms with Gasteiger partial charge in [-0.2, -0.15) is 0 Å². The van der Waals surface area contributed by atoms with Gasteiger partial charge in [0.25, 0.3) is 0 Å². The smallest absolute Gasteiger partial charge is 0.0896 e. The Hall–Kier alpha value is -3.66. The van der Waals surface area contributed by atoms with E-state index in [2.05, 4.69) is 152 Å². The molecule has 2 nitrogen and oxygen atoms in total. The SMILES string of the molecule is C[Si](C)=[Zr+2].Cc1ccc(-c2cc3c(-c4ccccc4C)c(C)c(C)cc3[cH-]2)o1.Cc1ccc(-c2cc3c(-c4ccccc4C)c(C)c(C)cc3[cH-]2)o1.Cl.Cl. The molecule has 276 valence electrons. The molecule has 0 aliphatic carbocycles. The van der Waals surface area contributed by atoms with Crippen molar-refractivity contribution in [3.8, 4) is 44.9 Å². The van der Waals surface area contributed by atoms with Gasteiger partial charge in [0.15, 0.2) is 0 Å². The van der Waals surface area contributed by atoms with Crippen LogP contribution in [0.1, 0.15) is 44.9 Å². The molecule has 2 heterocycles. The summed E-state index contributed by atoms with van der Waals surface area (Å²) in [5, 5.41) is 5.16. The number of furan rings is 2. The van der Waals surface area contributed by atoms with Gasteiger partial charge in [0.05, 0.1) is 23.0 Å². The van der Waals surface area contributed by atoms with Crippen molar-refractivity contribution in [3.63, 3.8) is 0 Å². The van der Waals surface area contributed by atoms with E-state index in [0.29, 0.717) is 0 Å². The zero-order chi connectivity index (χ0) is 37.3. The normalized spacial score (nSPS) is 10.6. The van der Waals surface area contributed by atoms with Gasteiger partial charge in [0.2, 0.25) is 0 Å². The molecule has 2 aromatic heterocycles. The average Bonchev–Trinajstić information content (AvgIpc) is 3.91. The van der Waals surface area contributed by atoms with Crippen LogP contribution < -0.4 is 0 Å². The van der Waals surface area contributed by atoms with Crippen molar-refractivity contribution < 1.29 is 32.2 Å². The van der Waals surface area contributed by atoms with E-state index < -0.39 is 0 Å². The molecular weight excluding hydrogens is 799 g/mol. The molecule has 0 fully saturated rings. The molecule has 0 saturated heterocycles. The van der Waals surface area contributed by atoms with E-state index in [1.165, 1.54) is 77.2 Å². The minimum Gasteiger partial charge on any atom is -0.496 e. The van der Waals surface area contributed by atoms with Crippen molar-refractivity contribution in [1.82, 2.24) is 0 Å². The Morgan fingerprint density at radius 3 is 1.15 bits per heavy atom. The molecule has 0 spiro atoms. The van der Waals surface area contributed by atoms with E-state index in [1.54, 1.807) is 23.3 Å². The van der Waals surface area contributed by atoms with E-state index in [-0.39, 0.29) is 30.2 Å². The van der Waals surface area contributed by atoms with Crippen molar-refractivity contribution in [1.29, 1.82) is 0 Å². The van der Waals surface area contributed by atoms with E-state index in [1.807, 2.05) is 26.0 Å². The second kappa shape index (κ2) is 18.3. The van der Waals surface area contributed by atoms with Gasteiger partial charge < -0.3 is 8.83 Å². The average molecular weight is 849 g/mol. The first-order valence-corrected chi connectivity index (χ1v) is 24.2. The number of aryl methyl sites for hydroxylation is 6. The van der Waals surface area contributed by atoms with Crippen LogP contribution in [0.4, 0.5) is 0 Å². The van der Waals surface area contributed by atoms with Gasteiger partial charge in [-0.3, -0.25) is 0 Å². The van der Waals surface area contributed by atoms with Crippen LogP contribution in [0.25, 0.3) is 66.4 Å². The summed E-state index contributed by atoms with van der Waals surface area (Å²) >= 11 is 1.74. The Morgan fingerprint density at radius 1 is 0.481 bits per heavy atom. The molecule has 0 amide bonds. The van der Waals surface area contributed by atoms with Crippen molar-refractivity contribution in [2.24, 2.45) is 0 Å². The van der Waals surface area contributed by atoms with Crippen molar-refractivity contribution >= 4 is 51.8 Å². The molecule has 0 atom stereocenters. The first-order valence-electron chi connectivity index (χ1n) is 18.0. The van der Waals surface area contributed by atoms with Gasteiger partial charge in [0, 0.05) is 0 Å². The van der Waals surface area contributed by atoms with E-state index in [0.717, 1.165) is 34.2 Å². The quantitative estimate of drug-likeness (QED) is 0.130. The molecule has 6 aromatic carbocycles. The minimum absolute atomic E-state index is 0. The maximum absolute atomic E-state index is 5.83. The van der Waals surface area contributed by atoms with Crippen LogP contribution in [-0.2, 0) is 23.3 Å². The fourth-order valence-corrected chi connectivity index (χ4v) is 7.07.